The van der Waals surface area contributed by atoms with Gasteiger partial charge in [-0.15, -0.1) is 0 Å². The number of nitrogens with zero attached hydrogens (tertiary/aromatic N) is 1. The molecule has 4 rings (SSSR count). The van der Waals surface area contributed by atoms with Crippen LogP contribution in [0.2, 0.25) is 0 Å². The lowest BCUT2D eigenvalue weighted by atomic mass is 9.89. The van der Waals surface area contributed by atoms with Crippen molar-refractivity contribution in [2.24, 2.45) is 5.92 Å². The molecule has 4 nitrogen and oxygen atoms in total. The number of likely N-dealkylation sites (tertiary alicyclic amines) is 1. The number of H-pyrrole nitrogens is 1. The maximum absolute atomic E-state index is 13.4. The molecule has 0 amide bonds. The minimum Gasteiger partial charge on any atom is -0.480 e. The van der Waals surface area contributed by atoms with E-state index in [0.717, 1.165) is 37.7 Å². The van der Waals surface area contributed by atoms with Crippen LogP contribution in [0.1, 0.15) is 30.0 Å². The summed E-state index contributed by atoms with van der Waals surface area (Å²) >= 11 is 0. The summed E-state index contributed by atoms with van der Waals surface area (Å²) in [4.78, 5) is 17.1. The van der Waals surface area contributed by atoms with E-state index in [2.05, 4.69) is 29.2 Å². The molecule has 1 aliphatic heterocycles. The number of carboxylic acid groups (broad SMARTS) is 1. The van der Waals surface area contributed by atoms with Crippen molar-refractivity contribution in [2.45, 2.75) is 25.3 Å². The third-order valence-corrected chi connectivity index (χ3v) is 5.59. The minimum atomic E-state index is -0.860. The van der Waals surface area contributed by atoms with Crippen molar-refractivity contribution in [3.63, 3.8) is 0 Å². The molecule has 0 radical (unpaired) electrons. The molecule has 5 heteroatoms. The Kier molecular flexibility index (Phi) is 4.94. The molecule has 0 saturated carbocycles. The smallest absolute Gasteiger partial charge is 0.325 e. The van der Waals surface area contributed by atoms with Crippen molar-refractivity contribution in [1.82, 2.24) is 9.88 Å². The molecule has 3 aromatic rings. The minimum absolute atomic E-state index is 0.329. The van der Waals surface area contributed by atoms with Crippen LogP contribution in [0.4, 0.5) is 4.39 Å². The van der Waals surface area contributed by atoms with Crippen LogP contribution in [-0.2, 0) is 11.2 Å². The number of nitrogens with one attached hydrogen (secondary N) is 1. The Morgan fingerprint density at radius 3 is 2.63 bits per heavy atom. The van der Waals surface area contributed by atoms with E-state index in [4.69, 9.17) is 0 Å². The first kappa shape index (κ1) is 17.7. The molecule has 2 heterocycles. The number of aliphatic carboxylic acids is 1. The lowest BCUT2D eigenvalue weighted by Gasteiger charge is -2.35. The fraction of sp³-hybridized carbons (Fsp3) is 0.318. The first-order valence-corrected chi connectivity index (χ1v) is 9.39. The zero-order valence-electron chi connectivity index (χ0n) is 15.1. The number of fused-ring (bicyclic) bond motifs is 1. The molecular weight excluding hydrogens is 343 g/mol. The normalized spacial score (nSPS) is 17.2. The number of halogens is 1. The Morgan fingerprint density at radius 2 is 1.93 bits per heavy atom. The summed E-state index contributed by atoms with van der Waals surface area (Å²) in [6.45, 7) is 1.50. The number of hydrogen-bond donors (Lipinski definition) is 2. The van der Waals surface area contributed by atoms with Crippen LogP contribution in [0.25, 0.3) is 10.9 Å². The van der Waals surface area contributed by atoms with Crippen LogP contribution >= 0.6 is 0 Å². The van der Waals surface area contributed by atoms with Gasteiger partial charge in [-0.05, 0) is 62.0 Å². The van der Waals surface area contributed by atoms with Crippen molar-refractivity contribution in [3.8, 4) is 0 Å². The van der Waals surface area contributed by atoms with Crippen LogP contribution in [0.3, 0.4) is 0 Å². The predicted molar refractivity (Wildman–Crippen MR) is 103 cm³/mol. The fourth-order valence-corrected chi connectivity index (χ4v) is 4.20. The topological polar surface area (TPSA) is 56.3 Å². The van der Waals surface area contributed by atoms with Gasteiger partial charge in [0.25, 0.3) is 0 Å². The SMILES string of the molecule is O=C(O)C(c1c[nH]c2cc(F)ccc12)N1CCC(Cc2ccccc2)CC1. The van der Waals surface area contributed by atoms with Gasteiger partial charge in [0.05, 0.1) is 0 Å². The molecule has 1 aliphatic rings. The van der Waals surface area contributed by atoms with Gasteiger partial charge in [0.15, 0.2) is 0 Å². The molecule has 0 spiro atoms. The molecule has 1 aromatic heterocycles. The van der Waals surface area contributed by atoms with Crippen LogP contribution < -0.4 is 0 Å². The van der Waals surface area contributed by atoms with E-state index in [9.17, 15) is 14.3 Å². The van der Waals surface area contributed by atoms with Crippen molar-refractivity contribution < 1.29 is 14.3 Å². The number of benzene rings is 2. The second-order valence-corrected chi connectivity index (χ2v) is 7.34. The molecule has 140 valence electrons. The van der Waals surface area contributed by atoms with E-state index in [1.165, 1.54) is 17.7 Å². The second-order valence-electron chi connectivity index (χ2n) is 7.34. The lowest BCUT2D eigenvalue weighted by Crippen LogP contribution is -2.40. The highest BCUT2D eigenvalue weighted by Gasteiger charge is 2.32. The van der Waals surface area contributed by atoms with E-state index in [1.54, 1.807) is 12.3 Å². The summed E-state index contributed by atoms with van der Waals surface area (Å²) in [5.41, 5.74) is 2.68. The van der Waals surface area contributed by atoms with E-state index >= 15 is 0 Å². The number of piperidine rings is 1. The van der Waals surface area contributed by atoms with Gasteiger partial charge in [-0.1, -0.05) is 30.3 Å². The Labute approximate surface area is 157 Å². The Morgan fingerprint density at radius 1 is 1.19 bits per heavy atom. The van der Waals surface area contributed by atoms with E-state index < -0.39 is 12.0 Å². The van der Waals surface area contributed by atoms with Gasteiger partial charge in [-0.3, -0.25) is 9.69 Å². The number of hydrogen-bond acceptors (Lipinski definition) is 2. The van der Waals surface area contributed by atoms with Crippen LogP contribution in [0.15, 0.2) is 54.7 Å². The standard InChI is InChI=1S/C22H23FN2O2/c23-17-6-7-18-19(14-24-20(18)13-17)21(22(26)27)25-10-8-16(9-11-25)12-15-4-2-1-3-5-15/h1-7,13-14,16,21,24H,8-12H2,(H,26,27). The highest BCUT2D eigenvalue weighted by Crippen LogP contribution is 2.33. The van der Waals surface area contributed by atoms with E-state index in [0.29, 0.717) is 17.0 Å². The summed E-state index contributed by atoms with van der Waals surface area (Å²) in [6.07, 6.45) is 4.71. The third kappa shape index (κ3) is 3.74. The summed E-state index contributed by atoms with van der Waals surface area (Å²) in [6, 6.07) is 14.2. The summed E-state index contributed by atoms with van der Waals surface area (Å²) in [7, 11) is 0. The Balaban J connectivity index is 1.49. The molecule has 1 atom stereocenters. The van der Waals surface area contributed by atoms with Gasteiger partial charge in [0.1, 0.15) is 11.9 Å². The van der Waals surface area contributed by atoms with Gasteiger partial charge in [-0.25, -0.2) is 4.39 Å². The highest BCUT2D eigenvalue weighted by molar-refractivity contribution is 5.89. The fourth-order valence-electron chi connectivity index (χ4n) is 4.20. The Bertz CT molecular complexity index is 930. The molecule has 1 unspecified atom stereocenters. The van der Waals surface area contributed by atoms with Crippen LogP contribution in [-0.4, -0.2) is 34.0 Å². The third-order valence-electron chi connectivity index (χ3n) is 5.59. The maximum Gasteiger partial charge on any atom is 0.325 e. The summed E-state index contributed by atoms with van der Waals surface area (Å²) in [5.74, 6) is -0.610. The summed E-state index contributed by atoms with van der Waals surface area (Å²) in [5, 5.41) is 10.7. The largest absolute Gasteiger partial charge is 0.480 e. The van der Waals surface area contributed by atoms with Gasteiger partial charge in [-0.2, -0.15) is 0 Å². The first-order chi connectivity index (χ1) is 13.1. The highest BCUT2D eigenvalue weighted by atomic mass is 19.1. The van der Waals surface area contributed by atoms with Crippen molar-refractivity contribution in [2.75, 3.05) is 13.1 Å². The quantitative estimate of drug-likeness (QED) is 0.704. The van der Waals surface area contributed by atoms with Gasteiger partial charge in [0, 0.05) is 22.7 Å². The van der Waals surface area contributed by atoms with Crippen molar-refractivity contribution in [1.29, 1.82) is 0 Å². The second kappa shape index (κ2) is 7.53. The van der Waals surface area contributed by atoms with Crippen molar-refractivity contribution >= 4 is 16.9 Å². The van der Waals surface area contributed by atoms with Gasteiger partial charge >= 0.3 is 5.97 Å². The molecule has 2 N–H and O–H groups in total. The number of aromatic amines is 1. The first-order valence-electron chi connectivity index (χ1n) is 9.39. The number of aromatic nitrogens is 1. The monoisotopic (exact) mass is 366 g/mol. The van der Waals surface area contributed by atoms with Gasteiger partial charge < -0.3 is 10.1 Å². The molecule has 27 heavy (non-hydrogen) atoms. The van der Waals surface area contributed by atoms with Crippen LogP contribution in [0.5, 0.6) is 0 Å². The number of carboxylic acids is 1. The van der Waals surface area contributed by atoms with Crippen molar-refractivity contribution in [3.05, 3.63) is 71.7 Å². The zero-order valence-corrected chi connectivity index (χ0v) is 15.1. The van der Waals surface area contributed by atoms with E-state index in [-0.39, 0.29) is 5.82 Å². The molecule has 1 saturated heterocycles. The maximum atomic E-state index is 13.4. The zero-order chi connectivity index (χ0) is 18.8. The average molecular weight is 366 g/mol. The Hall–Kier alpha value is -2.66. The molecule has 0 aliphatic carbocycles. The van der Waals surface area contributed by atoms with Crippen LogP contribution in [0, 0.1) is 11.7 Å². The molecular formula is C22H23FN2O2. The molecule has 1 fully saturated rings. The van der Waals surface area contributed by atoms with E-state index in [1.807, 2.05) is 11.0 Å². The number of carbonyl (C=O) groups is 1. The molecule has 2 aromatic carbocycles. The van der Waals surface area contributed by atoms with Gasteiger partial charge in [0.2, 0.25) is 0 Å². The molecule has 0 bridgehead atoms. The lowest BCUT2D eigenvalue weighted by molar-refractivity contribution is -0.144. The number of rotatable bonds is 5. The average Bonchev–Trinajstić information content (AvgIpc) is 3.06. The predicted octanol–water partition coefficient (Wildman–Crippen LogP) is 4.39. The summed E-state index contributed by atoms with van der Waals surface area (Å²) < 4.78 is 13.4.